The maximum atomic E-state index is 11.0. The van der Waals surface area contributed by atoms with Crippen molar-refractivity contribution < 1.29 is 9.53 Å². The first-order valence-electron chi connectivity index (χ1n) is 4.82. The highest BCUT2D eigenvalue weighted by Gasteiger charge is 2.30. The van der Waals surface area contributed by atoms with E-state index in [2.05, 4.69) is 24.5 Å². The van der Waals surface area contributed by atoms with Gasteiger partial charge in [0.1, 0.15) is 5.60 Å². The molecule has 0 aliphatic rings. The van der Waals surface area contributed by atoms with Gasteiger partial charge in [0.2, 0.25) is 0 Å². The van der Waals surface area contributed by atoms with E-state index in [4.69, 9.17) is 4.74 Å². The topological polar surface area (TPSA) is 50.4 Å². The number of alkyl carbamates (subject to hydrolysis) is 1. The summed E-state index contributed by atoms with van der Waals surface area (Å²) in [6.07, 6.45) is 0.367. The Bertz CT molecular complexity index is 200. The maximum Gasteiger partial charge on any atom is 0.407 e. The molecule has 0 bridgehead atoms. The number of hydrogen-bond acceptors (Lipinski definition) is 3. The van der Waals surface area contributed by atoms with Crippen molar-refractivity contribution in [3.8, 4) is 0 Å². The third-order valence-corrected chi connectivity index (χ3v) is 2.12. The van der Waals surface area contributed by atoms with Crippen molar-refractivity contribution in [3.05, 3.63) is 0 Å². The van der Waals surface area contributed by atoms with Crippen LogP contribution < -0.4 is 10.6 Å². The Morgan fingerprint density at radius 2 is 1.71 bits per heavy atom. The highest BCUT2D eigenvalue weighted by atomic mass is 16.6. The standard InChI is InChI=1S/C10H22N2O2/c1-9(2,12-6)7-10(3,4)14-8(13)11-5/h12H,7H2,1-6H3,(H,11,13). The molecule has 4 heteroatoms. The van der Waals surface area contributed by atoms with Gasteiger partial charge in [-0.15, -0.1) is 0 Å². The molecule has 0 heterocycles. The van der Waals surface area contributed by atoms with Gasteiger partial charge in [-0.25, -0.2) is 4.79 Å². The fraction of sp³-hybridized carbons (Fsp3) is 0.900. The van der Waals surface area contributed by atoms with Crippen molar-refractivity contribution in [2.24, 2.45) is 0 Å². The van der Waals surface area contributed by atoms with Crippen LogP contribution in [0.1, 0.15) is 34.1 Å². The lowest BCUT2D eigenvalue weighted by Gasteiger charge is -2.34. The van der Waals surface area contributed by atoms with Crippen molar-refractivity contribution in [1.82, 2.24) is 10.6 Å². The van der Waals surface area contributed by atoms with E-state index in [1.54, 1.807) is 7.05 Å². The smallest absolute Gasteiger partial charge is 0.407 e. The Hall–Kier alpha value is -0.770. The van der Waals surface area contributed by atoms with Crippen LogP contribution in [0.4, 0.5) is 4.79 Å². The number of amides is 1. The molecular weight excluding hydrogens is 180 g/mol. The summed E-state index contributed by atoms with van der Waals surface area (Å²) < 4.78 is 5.23. The number of carbonyl (C=O) groups is 1. The molecule has 1 amide bonds. The second kappa shape index (κ2) is 4.64. The van der Waals surface area contributed by atoms with Crippen LogP contribution in [0, 0.1) is 0 Å². The average Bonchev–Trinajstić information content (AvgIpc) is 2.01. The van der Waals surface area contributed by atoms with Crippen LogP contribution in [-0.4, -0.2) is 31.3 Å². The first-order chi connectivity index (χ1) is 6.22. The van der Waals surface area contributed by atoms with E-state index < -0.39 is 5.60 Å². The zero-order valence-electron chi connectivity index (χ0n) is 10.0. The number of carbonyl (C=O) groups excluding carboxylic acids is 1. The summed E-state index contributed by atoms with van der Waals surface area (Å²) in [6, 6.07) is 0. The largest absolute Gasteiger partial charge is 0.443 e. The highest BCUT2D eigenvalue weighted by molar-refractivity contribution is 5.67. The fourth-order valence-corrected chi connectivity index (χ4v) is 1.49. The second-order valence-electron chi connectivity index (χ2n) is 4.71. The van der Waals surface area contributed by atoms with Gasteiger partial charge in [-0.3, -0.25) is 0 Å². The minimum absolute atomic E-state index is 0.0441. The van der Waals surface area contributed by atoms with Crippen LogP contribution in [0.3, 0.4) is 0 Å². The molecule has 14 heavy (non-hydrogen) atoms. The number of hydrogen-bond donors (Lipinski definition) is 2. The van der Waals surface area contributed by atoms with Gasteiger partial charge in [-0.05, 0) is 34.7 Å². The molecule has 0 unspecified atom stereocenters. The summed E-state index contributed by atoms with van der Waals surface area (Å²) in [6.45, 7) is 7.95. The van der Waals surface area contributed by atoms with Crippen molar-refractivity contribution in [3.63, 3.8) is 0 Å². The summed E-state index contributed by atoms with van der Waals surface area (Å²) in [7, 11) is 3.46. The van der Waals surface area contributed by atoms with Gasteiger partial charge < -0.3 is 15.4 Å². The SMILES string of the molecule is CNC(=O)OC(C)(C)CC(C)(C)NC. The average molecular weight is 202 g/mol. The molecule has 84 valence electrons. The fourth-order valence-electron chi connectivity index (χ4n) is 1.49. The molecule has 0 aromatic rings. The molecule has 0 aromatic carbocycles. The monoisotopic (exact) mass is 202 g/mol. The Morgan fingerprint density at radius 3 is 2.07 bits per heavy atom. The summed E-state index contributed by atoms with van der Waals surface area (Å²) >= 11 is 0. The zero-order chi connectivity index (χ0) is 11.4. The molecular formula is C10H22N2O2. The van der Waals surface area contributed by atoms with Gasteiger partial charge in [0.05, 0.1) is 0 Å². The Balaban J connectivity index is 4.26. The van der Waals surface area contributed by atoms with Gasteiger partial charge in [0.15, 0.2) is 0 Å². The number of ether oxygens (including phenoxy) is 1. The van der Waals surface area contributed by atoms with Gasteiger partial charge in [-0.1, -0.05) is 0 Å². The summed E-state index contributed by atoms with van der Waals surface area (Å²) in [5.41, 5.74) is -0.510. The van der Waals surface area contributed by atoms with E-state index in [1.807, 2.05) is 20.9 Å². The molecule has 0 saturated carbocycles. The summed E-state index contributed by atoms with van der Waals surface area (Å²) in [5, 5.41) is 5.62. The van der Waals surface area contributed by atoms with Crippen LogP contribution in [0.25, 0.3) is 0 Å². The van der Waals surface area contributed by atoms with Gasteiger partial charge >= 0.3 is 6.09 Å². The van der Waals surface area contributed by atoms with Crippen molar-refractivity contribution in [2.75, 3.05) is 14.1 Å². The molecule has 0 saturated heterocycles. The molecule has 0 spiro atoms. The first-order valence-corrected chi connectivity index (χ1v) is 4.82. The molecule has 0 atom stereocenters. The van der Waals surface area contributed by atoms with Crippen LogP contribution in [0.5, 0.6) is 0 Å². The number of nitrogens with one attached hydrogen (secondary N) is 2. The molecule has 2 N–H and O–H groups in total. The maximum absolute atomic E-state index is 11.0. The molecule has 0 aliphatic heterocycles. The lowest BCUT2D eigenvalue weighted by molar-refractivity contribution is 0.0174. The normalized spacial score (nSPS) is 12.4. The summed E-state index contributed by atoms with van der Waals surface area (Å²) in [5.74, 6) is 0. The molecule has 0 rings (SSSR count). The zero-order valence-corrected chi connectivity index (χ0v) is 10.0. The van der Waals surface area contributed by atoms with E-state index in [9.17, 15) is 4.79 Å². The number of rotatable bonds is 4. The first kappa shape index (κ1) is 13.2. The van der Waals surface area contributed by atoms with Crippen LogP contribution in [0.2, 0.25) is 0 Å². The molecule has 0 aromatic heterocycles. The summed E-state index contributed by atoms with van der Waals surface area (Å²) in [4.78, 5) is 11.0. The van der Waals surface area contributed by atoms with E-state index in [0.717, 1.165) is 6.42 Å². The van der Waals surface area contributed by atoms with E-state index in [1.165, 1.54) is 0 Å². The van der Waals surface area contributed by atoms with Gasteiger partial charge in [0.25, 0.3) is 0 Å². The predicted octanol–water partition coefficient (Wildman–Crippen LogP) is 1.51. The molecule has 0 radical (unpaired) electrons. The van der Waals surface area contributed by atoms with E-state index >= 15 is 0 Å². The van der Waals surface area contributed by atoms with Crippen LogP contribution in [-0.2, 0) is 4.74 Å². The Kier molecular flexibility index (Phi) is 4.39. The predicted molar refractivity (Wildman–Crippen MR) is 57.4 cm³/mol. The highest BCUT2D eigenvalue weighted by Crippen LogP contribution is 2.23. The minimum Gasteiger partial charge on any atom is -0.443 e. The lowest BCUT2D eigenvalue weighted by atomic mass is 9.89. The second-order valence-corrected chi connectivity index (χ2v) is 4.71. The third-order valence-electron chi connectivity index (χ3n) is 2.12. The minimum atomic E-state index is -0.466. The Labute approximate surface area is 86.4 Å². The van der Waals surface area contributed by atoms with Crippen LogP contribution >= 0.6 is 0 Å². The molecule has 0 aliphatic carbocycles. The quantitative estimate of drug-likeness (QED) is 0.726. The molecule has 4 nitrogen and oxygen atoms in total. The van der Waals surface area contributed by atoms with Crippen molar-refractivity contribution in [1.29, 1.82) is 0 Å². The van der Waals surface area contributed by atoms with Crippen molar-refractivity contribution in [2.45, 2.75) is 45.3 Å². The van der Waals surface area contributed by atoms with Crippen LogP contribution in [0.15, 0.2) is 0 Å². The third kappa shape index (κ3) is 5.07. The van der Waals surface area contributed by atoms with Gasteiger partial charge in [-0.2, -0.15) is 0 Å². The van der Waals surface area contributed by atoms with E-state index in [0.29, 0.717) is 0 Å². The lowest BCUT2D eigenvalue weighted by Crippen LogP contribution is -2.45. The van der Waals surface area contributed by atoms with Crippen molar-refractivity contribution >= 4 is 6.09 Å². The van der Waals surface area contributed by atoms with E-state index in [-0.39, 0.29) is 11.6 Å². The molecule has 0 fully saturated rings. The Morgan fingerprint density at radius 1 is 1.21 bits per heavy atom. The van der Waals surface area contributed by atoms with Gasteiger partial charge in [0, 0.05) is 19.0 Å².